The molecule has 0 bridgehead atoms. The number of benzene rings is 2. The predicted molar refractivity (Wildman–Crippen MR) is 90.0 cm³/mol. The van der Waals surface area contributed by atoms with Gasteiger partial charge in [0, 0.05) is 24.3 Å². The van der Waals surface area contributed by atoms with Crippen molar-refractivity contribution in [3.8, 4) is 0 Å². The zero-order valence-electron chi connectivity index (χ0n) is 13.0. The number of nitrogens with zero attached hydrogens (tertiary/aromatic N) is 2. The van der Waals surface area contributed by atoms with Gasteiger partial charge in [0.25, 0.3) is 5.91 Å². The number of hydrogen-bond donors (Lipinski definition) is 1. The van der Waals surface area contributed by atoms with Crippen LogP contribution in [0.4, 0.5) is 5.69 Å². The van der Waals surface area contributed by atoms with Crippen LogP contribution in [0.3, 0.4) is 0 Å². The molecule has 0 aliphatic carbocycles. The number of amides is 1. The van der Waals surface area contributed by atoms with E-state index in [-0.39, 0.29) is 17.6 Å². The first kappa shape index (κ1) is 13.8. The zero-order chi connectivity index (χ0) is 16.1. The van der Waals surface area contributed by atoms with E-state index in [4.69, 9.17) is 0 Å². The fourth-order valence-electron chi connectivity index (χ4n) is 3.38. The summed E-state index contributed by atoms with van der Waals surface area (Å²) in [4.78, 5) is 29.3. The van der Waals surface area contributed by atoms with Crippen LogP contribution in [0, 0.1) is 0 Å². The highest BCUT2D eigenvalue weighted by atomic mass is 16.2. The van der Waals surface area contributed by atoms with Crippen molar-refractivity contribution < 1.29 is 4.79 Å². The van der Waals surface area contributed by atoms with E-state index in [1.54, 1.807) is 19.2 Å². The zero-order valence-corrected chi connectivity index (χ0v) is 13.0. The summed E-state index contributed by atoms with van der Waals surface area (Å²) in [5.74, 6) is -0.0333. The lowest BCUT2D eigenvalue weighted by Gasteiger charge is -2.22. The van der Waals surface area contributed by atoms with Crippen LogP contribution >= 0.6 is 0 Å². The molecule has 1 atom stereocenters. The van der Waals surface area contributed by atoms with Crippen LogP contribution in [0.15, 0.2) is 47.3 Å². The summed E-state index contributed by atoms with van der Waals surface area (Å²) in [6.45, 7) is 2.06. The molecule has 116 valence electrons. The van der Waals surface area contributed by atoms with Crippen molar-refractivity contribution in [3.63, 3.8) is 0 Å². The molecule has 1 aromatic heterocycles. The Labute approximate surface area is 133 Å². The highest BCUT2D eigenvalue weighted by Crippen LogP contribution is 2.33. The first-order valence-corrected chi connectivity index (χ1v) is 7.66. The Bertz CT molecular complexity index is 983. The molecular weight excluding hydrogens is 290 g/mol. The summed E-state index contributed by atoms with van der Waals surface area (Å²) in [6.07, 6.45) is 0.867. The maximum atomic E-state index is 13.0. The smallest absolute Gasteiger partial charge is 0.306 e. The quantitative estimate of drug-likeness (QED) is 0.751. The van der Waals surface area contributed by atoms with Gasteiger partial charge in [-0.1, -0.05) is 18.2 Å². The van der Waals surface area contributed by atoms with Gasteiger partial charge in [0.1, 0.15) is 0 Å². The normalized spacial score (nSPS) is 16.8. The van der Waals surface area contributed by atoms with Crippen molar-refractivity contribution in [2.75, 3.05) is 4.90 Å². The first-order valence-electron chi connectivity index (χ1n) is 7.66. The summed E-state index contributed by atoms with van der Waals surface area (Å²) in [5, 5.41) is 0. The minimum Gasteiger partial charge on any atom is -0.306 e. The summed E-state index contributed by atoms with van der Waals surface area (Å²) in [5.41, 5.74) is 4.06. The van der Waals surface area contributed by atoms with Crippen LogP contribution in [-0.2, 0) is 13.5 Å². The molecule has 0 fully saturated rings. The molecule has 0 saturated heterocycles. The fraction of sp³-hybridized carbons (Fsp3) is 0.222. The molecule has 2 heterocycles. The molecule has 1 aliphatic rings. The highest BCUT2D eigenvalue weighted by Gasteiger charge is 2.31. The maximum Gasteiger partial charge on any atom is 0.326 e. The van der Waals surface area contributed by atoms with E-state index in [9.17, 15) is 9.59 Å². The molecule has 1 amide bonds. The number of carbonyl (C=O) groups is 1. The molecular formula is C18H17N3O2. The number of imidazole rings is 1. The molecule has 5 heteroatoms. The fourth-order valence-corrected chi connectivity index (χ4v) is 3.38. The summed E-state index contributed by atoms with van der Waals surface area (Å²) >= 11 is 0. The summed E-state index contributed by atoms with van der Waals surface area (Å²) < 4.78 is 1.54. The Kier molecular flexibility index (Phi) is 2.91. The number of aromatic nitrogens is 2. The minimum absolute atomic E-state index is 0.0333. The Morgan fingerprint density at radius 3 is 2.83 bits per heavy atom. The van der Waals surface area contributed by atoms with Gasteiger partial charge in [0.05, 0.1) is 11.0 Å². The molecule has 3 aromatic rings. The lowest BCUT2D eigenvalue weighted by molar-refractivity contribution is 0.0981. The number of carbonyl (C=O) groups excluding carboxylic acids is 1. The van der Waals surface area contributed by atoms with Crippen LogP contribution < -0.4 is 10.6 Å². The van der Waals surface area contributed by atoms with E-state index in [2.05, 4.69) is 18.0 Å². The third kappa shape index (κ3) is 2.00. The minimum atomic E-state index is -0.176. The van der Waals surface area contributed by atoms with Gasteiger partial charge in [-0.2, -0.15) is 0 Å². The van der Waals surface area contributed by atoms with Crippen LogP contribution in [0.2, 0.25) is 0 Å². The van der Waals surface area contributed by atoms with Gasteiger partial charge in [-0.15, -0.1) is 0 Å². The number of para-hydroxylation sites is 1. The van der Waals surface area contributed by atoms with E-state index < -0.39 is 0 Å². The predicted octanol–water partition coefficient (Wildman–Crippen LogP) is 2.46. The molecule has 0 unspecified atom stereocenters. The first-order chi connectivity index (χ1) is 11.1. The second-order valence-corrected chi connectivity index (χ2v) is 6.08. The van der Waals surface area contributed by atoms with E-state index >= 15 is 0 Å². The SMILES string of the molecule is C[C@H]1Cc2ccccc2N1C(=O)c1ccc2c(c1)[nH]c(=O)n2C. The van der Waals surface area contributed by atoms with E-state index in [1.165, 1.54) is 10.1 Å². The lowest BCUT2D eigenvalue weighted by atomic mass is 10.1. The van der Waals surface area contributed by atoms with Crippen molar-refractivity contribution in [1.82, 2.24) is 9.55 Å². The average Bonchev–Trinajstić information content (AvgIpc) is 3.02. The number of H-pyrrole nitrogens is 1. The van der Waals surface area contributed by atoms with E-state index in [1.807, 2.05) is 29.2 Å². The Hall–Kier alpha value is -2.82. The molecule has 1 N–H and O–H groups in total. The van der Waals surface area contributed by atoms with Gasteiger partial charge >= 0.3 is 5.69 Å². The number of anilines is 1. The molecule has 1 aliphatic heterocycles. The van der Waals surface area contributed by atoms with Crippen molar-refractivity contribution in [3.05, 3.63) is 64.1 Å². The largest absolute Gasteiger partial charge is 0.326 e. The molecule has 0 radical (unpaired) electrons. The monoisotopic (exact) mass is 307 g/mol. The van der Waals surface area contributed by atoms with Gasteiger partial charge < -0.3 is 9.88 Å². The Morgan fingerprint density at radius 2 is 2.00 bits per heavy atom. The molecule has 23 heavy (non-hydrogen) atoms. The number of hydrogen-bond acceptors (Lipinski definition) is 2. The van der Waals surface area contributed by atoms with Gasteiger partial charge in [-0.3, -0.25) is 9.36 Å². The Balaban J connectivity index is 1.79. The van der Waals surface area contributed by atoms with Gasteiger partial charge in [0.15, 0.2) is 0 Å². The van der Waals surface area contributed by atoms with Crippen molar-refractivity contribution >= 4 is 22.6 Å². The third-order valence-electron chi connectivity index (χ3n) is 4.58. The van der Waals surface area contributed by atoms with Crippen LogP contribution in [0.5, 0.6) is 0 Å². The van der Waals surface area contributed by atoms with Gasteiger partial charge in [0.2, 0.25) is 0 Å². The van der Waals surface area contributed by atoms with Gasteiger partial charge in [-0.25, -0.2) is 4.79 Å². The van der Waals surface area contributed by atoms with Crippen molar-refractivity contribution in [1.29, 1.82) is 0 Å². The summed E-state index contributed by atoms with van der Waals surface area (Å²) in [7, 11) is 1.71. The summed E-state index contributed by atoms with van der Waals surface area (Å²) in [6, 6.07) is 13.5. The lowest BCUT2D eigenvalue weighted by Crippen LogP contribution is -2.35. The standard InChI is InChI=1S/C18H17N3O2/c1-11-9-12-5-3-4-6-15(12)21(11)17(22)13-7-8-16-14(10-13)19-18(23)20(16)2/h3-8,10-11H,9H2,1-2H3,(H,19,23)/t11-/m0/s1. The molecule has 4 rings (SSSR count). The highest BCUT2D eigenvalue weighted by molar-refractivity contribution is 6.09. The molecule has 0 spiro atoms. The molecule has 5 nitrogen and oxygen atoms in total. The topological polar surface area (TPSA) is 58.1 Å². The second kappa shape index (κ2) is 4.84. The van der Waals surface area contributed by atoms with Crippen molar-refractivity contribution in [2.24, 2.45) is 7.05 Å². The van der Waals surface area contributed by atoms with Crippen LogP contribution in [-0.4, -0.2) is 21.5 Å². The van der Waals surface area contributed by atoms with Crippen LogP contribution in [0.1, 0.15) is 22.8 Å². The average molecular weight is 307 g/mol. The van der Waals surface area contributed by atoms with E-state index in [0.717, 1.165) is 17.6 Å². The number of rotatable bonds is 1. The van der Waals surface area contributed by atoms with Crippen molar-refractivity contribution in [2.45, 2.75) is 19.4 Å². The Morgan fingerprint density at radius 1 is 1.22 bits per heavy atom. The number of aryl methyl sites for hydroxylation is 1. The number of nitrogens with one attached hydrogen (secondary N) is 1. The van der Waals surface area contributed by atoms with Gasteiger partial charge in [-0.05, 0) is 43.2 Å². The third-order valence-corrected chi connectivity index (χ3v) is 4.58. The number of aromatic amines is 1. The van der Waals surface area contributed by atoms with Crippen LogP contribution in [0.25, 0.3) is 11.0 Å². The van der Waals surface area contributed by atoms with E-state index in [0.29, 0.717) is 11.1 Å². The molecule has 0 saturated carbocycles. The maximum absolute atomic E-state index is 13.0. The number of fused-ring (bicyclic) bond motifs is 2. The molecule has 2 aromatic carbocycles. The second-order valence-electron chi connectivity index (χ2n) is 6.08.